The average Bonchev–Trinajstić information content (AvgIpc) is 3.19. The van der Waals surface area contributed by atoms with E-state index >= 15 is 0 Å². The van der Waals surface area contributed by atoms with Crippen LogP contribution in [-0.2, 0) is 16.1 Å². The number of benzene rings is 1. The third-order valence-electron chi connectivity index (χ3n) is 3.33. The number of carboxylic acid groups (broad SMARTS) is 1. The van der Waals surface area contributed by atoms with Crippen LogP contribution in [0.5, 0.6) is 0 Å². The zero-order valence-corrected chi connectivity index (χ0v) is 11.2. The number of halogens is 1. The molecule has 0 radical (unpaired) electrons. The Morgan fingerprint density at radius 2 is 2.05 bits per heavy atom. The fraction of sp³-hybridized carbons (Fsp3) is 0.467. The van der Waals surface area contributed by atoms with Crippen molar-refractivity contribution in [1.82, 2.24) is 4.90 Å². The number of aliphatic carboxylic acids is 1. The predicted octanol–water partition coefficient (Wildman–Crippen LogP) is 2.57. The summed E-state index contributed by atoms with van der Waals surface area (Å²) in [6, 6.07) is 6.46. The van der Waals surface area contributed by atoms with Gasteiger partial charge < -0.3 is 10.0 Å². The smallest absolute Gasteiger partial charge is 0.303 e. The minimum atomic E-state index is -0.888. The molecule has 1 amide bonds. The second kappa shape index (κ2) is 6.50. The lowest BCUT2D eigenvalue weighted by Gasteiger charge is -2.22. The van der Waals surface area contributed by atoms with E-state index in [0.29, 0.717) is 13.0 Å². The van der Waals surface area contributed by atoms with Gasteiger partial charge in [-0.3, -0.25) is 9.59 Å². The fourth-order valence-electron chi connectivity index (χ4n) is 2.17. The standard InChI is InChI=1S/C15H18FNO3/c16-12-4-1-3-11(9-12)10-17(13-7-8-13)14(18)5-2-6-15(19)20/h1,3-4,9,13H,2,5-8,10H2,(H,19,20). The topological polar surface area (TPSA) is 57.6 Å². The zero-order chi connectivity index (χ0) is 14.5. The first kappa shape index (κ1) is 14.5. The van der Waals surface area contributed by atoms with Gasteiger partial charge in [0.2, 0.25) is 5.91 Å². The number of nitrogens with zero attached hydrogens (tertiary/aromatic N) is 1. The van der Waals surface area contributed by atoms with Gasteiger partial charge in [-0.2, -0.15) is 0 Å². The number of amides is 1. The van der Waals surface area contributed by atoms with E-state index in [1.807, 2.05) is 0 Å². The average molecular weight is 279 g/mol. The van der Waals surface area contributed by atoms with Crippen molar-refractivity contribution in [3.63, 3.8) is 0 Å². The first-order chi connectivity index (χ1) is 9.56. The van der Waals surface area contributed by atoms with Crippen LogP contribution in [0.4, 0.5) is 4.39 Å². The molecular weight excluding hydrogens is 261 g/mol. The highest BCUT2D eigenvalue weighted by Crippen LogP contribution is 2.29. The summed E-state index contributed by atoms with van der Waals surface area (Å²) in [6.07, 6.45) is 2.53. The number of hydrogen-bond donors (Lipinski definition) is 1. The van der Waals surface area contributed by atoms with Gasteiger partial charge in [-0.25, -0.2) is 4.39 Å². The van der Waals surface area contributed by atoms with Crippen LogP contribution in [0.25, 0.3) is 0 Å². The Kier molecular flexibility index (Phi) is 4.71. The van der Waals surface area contributed by atoms with Gasteiger partial charge in [0.25, 0.3) is 0 Å². The van der Waals surface area contributed by atoms with Gasteiger partial charge >= 0.3 is 5.97 Å². The van der Waals surface area contributed by atoms with Crippen molar-refractivity contribution in [2.75, 3.05) is 0 Å². The lowest BCUT2D eigenvalue weighted by molar-refractivity contribution is -0.137. The van der Waals surface area contributed by atoms with Crippen molar-refractivity contribution >= 4 is 11.9 Å². The molecule has 1 N–H and O–H groups in total. The second-order valence-corrected chi connectivity index (χ2v) is 5.13. The Hall–Kier alpha value is -1.91. The van der Waals surface area contributed by atoms with E-state index in [-0.39, 0.29) is 30.6 Å². The largest absolute Gasteiger partial charge is 0.481 e. The highest BCUT2D eigenvalue weighted by Gasteiger charge is 2.32. The molecule has 0 heterocycles. The van der Waals surface area contributed by atoms with E-state index in [2.05, 4.69) is 0 Å². The quantitative estimate of drug-likeness (QED) is 0.834. The summed E-state index contributed by atoms with van der Waals surface area (Å²) in [7, 11) is 0. The zero-order valence-electron chi connectivity index (χ0n) is 11.2. The van der Waals surface area contributed by atoms with Crippen molar-refractivity contribution in [3.8, 4) is 0 Å². The number of carboxylic acids is 1. The van der Waals surface area contributed by atoms with E-state index in [9.17, 15) is 14.0 Å². The van der Waals surface area contributed by atoms with E-state index < -0.39 is 5.97 Å². The molecule has 1 aromatic carbocycles. The molecule has 1 saturated carbocycles. The van der Waals surface area contributed by atoms with Gasteiger partial charge in [-0.05, 0) is 37.0 Å². The van der Waals surface area contributed by atoms with Crippen molar-refractivity contribution < 1.29 is 19.1 Å². The van der Waals surface area contributed by atoms with Crippen LogP contribution in [0.15, 0.2) is 24.3 Å². The molecule has 2 rings (SSSR count). The summed E-state index contributed by atoms with van der Waals surface area (Å²) >= 11 is 0. The Morgan fingerprint density at radius 3 is 2.65 bits per heavy atom. The van der Waals surface area contributed by atoms with Crippen LogP contribution in [0.3, 0.4) is 0 Å². The fourth-order valence-corrected chi connectivity index (χ4v) is 2.17. The SMILES string of the molecule is O=C(O)CCCC(=O)N(Cc1cccc(F)c1)C1CC1. The maximum absolute atomic E-state index is 13.2. The Balaban J connectivity index is 1.93. The summed E-state index contributed by atoms with van der Waals surface area (Å²) in [6.45, 7) is 0.397. The number of carbonyl (C=O) groups is 2. The number of hydrogen-bond acceptors (Lipinski definition) is 2. The van der Waals surface area contributed by atoms with Gasteiger partial charge in [-0.15, -0.1) is 0 Å². The van der Waals surface area contributed by atoms with Crippen LogP contribution in [0, 0.1) is 5.82 Å². The summed E-state index contributed by atoms with van der Waals surface area (Å²) in [5.74, 6) is -1.24. The van der Waals surface area contributed by atoms with Crippen LogP contribution in [-0.4, -0.2) is 27.9 Å². The lowest BCUT2D eigenvalue weighted by Crippen LogP contribution is -2.32. The van der Waals surface area contributed by atoms with Gasteiger partial charge in [0.1, 0.15) is 5.82 Å². The molecule has 0 atom stereocenters. The molecule has 1 aromatic rings. The third-order valence-corrected chi connectivity index (χ3v) is 3.33. The molecule has 5 heteroatoms. The van der Waals surface area contributed by atoms with Crippen molar-refractivity contribution in [2.45, 2.75) is 44.7 Å². The van der Waals surface area contributed by atoms with Gasteiger partial charge in [0, 0.05) is 25.4 Å². The molecular formula is C15H18FNO3. The monoisotopic (exact) mass is 279 g/mol. The molecule has 0 spiro atoms. The molecule has 1 aliphatic rings. The molecule has 0 saturated heterocycles. The Labute approximate surface area is 117 Å². The molecule has 108 valence electrons. The Morgan fingerprint density at radius 1 is 1.30 bits per heavy atom. The molecule has 20 heavy (non-hydrogen) atoms. The minimum Gasteiger partial charge on any atom is -0.481 e. The van der Waals surface area contributed by atoms with Gasteiger partial charge in [-0.1, -0.05) is 12.1 Å². The minimum absolute atomic E-state index is 0.00418. The molecule has 1 fully saturated rings. The van der Waals surface area contributed by atoms with Crippen molar-refractivity contribution in [3.05, 3.63) is 35.6 Å². The summed E-state index contributed by atoms with van der Waals surface area (Å²) in [5, 5.41) is 8.59. The van der Waals surface area contributed by atoms with Crippen LogP contribution >= 0.6 is 0 Å². The summed E-state index contributed by atoms with van der Waals surface area (Å²) in [5.41, 5.74) is 0.767. The molecule has 0 bridgehead atoms. The third kappa shape index (κ3) is 4.33. The van der Waals surface area contributed by atoms with E-state index in [1.165, 1.54) is 12.1 Å². The van der Waals surface area contributed by atoms with Crippen LogP contribution in [0.1, 0.15) is 37.7 Å². The van der Waals surface area contributed by atoms with Crippen molar-refractivity contribution in [2.24, 2.45) is 0 Å². The first-order valence-corrected chi connectivity index (χ1v) is 6.82. The molecule has 0 aliphatic heterocycles. The highest BCUT2D eigenvalue weighted by molar-refractivity contribution is 5.77. The maximum Gasteiger partial charge on any atom is 0.303 e. The lowest BCUT2D eigenvalue weighted by atomic mass is 10.1. The molecule has 0 unspecified atom stereocenters. The summed E-state index contributed by atoms with van der Waals surface area (Å²) < 4.78 is 13.2. The molecule has 0 aromatic heterocycles. The molecule has 4 nitrogen and oxygen atoms in total. The Bertz CT molecular complexity index is 500. The van der Waals surface area contributed by atoms with Crippen LogP contribution < -0.4 is 0 Å². The predicted molar refractivity (Wildman–Crippen MR) is 71.5 cm³/mol. The van der Waals surface area contributed by atoms with Gasteiger partial charge in [0.15, 0.2) is 0 Å². The maximum atomic E-state index is 13.2. The van der Waals surface area contributed by atoms with Crippen LogP contribution in [0.2, 0.25) is 0 Å². The normalized spacial score (nSPS) is 14.1. The highest BCUT2D eigenvalue weighted by atomic mass is 19.1. The van der Waals surface area contributed by atoms with E-state index in [0.717, 1.165) is 18.4 Å². The van der Waals surface area contributed by atoms with Gasteiger partial charge in [0.05, 0.1) is 0 Å². The van der Waals surface area contributed by atoms with Crippen molar-refractivity contribution in [1.29, 1.82) is 0 Å². The number of rotatable bonds is 7. The van der Waals surface area contributed by atoms with E-state index in [4.69, 9.17) is 5.11 Å². The summed E-state index contributed by atoms with van der Waals surface area (Å²) in [4.78, 5) is 24.3. The first-order valence-electron chi connectivity index (χ1n) is 6.82. The second-order valence-electron chi connectivity index (χ2n) is 5.13. The number of carbonyl (C=O) groups excluding carboxylic acids is 1. The van der Waals surface area contributed by atoms with E-state index in [1.54, 1.807) is 17.0 Å². The molecule has 1 aliphatic carbocycles.